The second-order valence-corrected chi connectivity index (χ2v) is 5.70. The lowest BCUT2D eigenvalue weighted by atomic mass is 10.1. The molecule has 0 spiro atoms. The topological polar surface area (TPSA) is 42.2 Å². The average molecular weight is 384 g/mol. The molecule has 0 fully saturated rings. The fourth-order valence-corrected chi connectivity index (χ4v) is 2.47. The standard InChI is InChI=1S/C18H10ClF4NO2/c19-12-9-10(5-6-13(12)20)15-7-8-16(26-15)17(25)24-14-4-2-1-3-11(14)18(21,22)23/h1-9H,(H,24,25). The summed E-state index contributed by atoms with van der Waals surface area (Å²) >= 11 is 5.70. The van der Waals surface area contributed by atoms with E-state index >= 15 is 0 Å². The largest absolute Gasteiger partial charge is 0.451 e. The molecule has 1 N–H and O–H groups in total. The number of alkyl halides is 3. The van der Waals surface area contributed by atoms with Gasteiger partial charge in [0.2, 0.25) is 0 Å². The molecule has 3 rings (SSSR count). The Hall–Kier alpha value is -2.80. The minimum Gasteiger partial charge on any atom is -0.451 e. The van der Waals surface area contributed by atoms with Gasteiger partial charge in [0.15, 0.2) is 5.76 Å². The van der Waals surface area contributed by atoms with E-state index in [4.69, 9.17) is 16.0 Å². The highest BCUT2D eigenvalue weighted by molar-refractivity contribution is 6.31. The Morgan fingerprint density at radius 1 is 1.04 bits per heavy atom. The maximum atomic E-state index is 13.2. The molecular formula is C18H10ClF4NO2. The normalized spacial score (nSPS) is 11.4. The van der Waals surface area contributed by atoms with Gasteiger partial charge in [-0.15, -0.1) is 0 Å². The van der Waals surface area contributed by atoms with Gasteiger partial charge in [-0.2, -0.15) is 13.2 Å². The molecule has 0 saturated heterocycles. The molecule has 134 valence electrons. The number of carbonyl (C=O) groups excluding carboxylic acids is 1. The predicted octanol–water partition coefficient (Wildman–Crippen LogP) is 6.01. The summed E-state index contributed by atoms with van der Waals surface area (Å²) in [4.78, 5) is 12.2. The van der Waals surface area contributed by atoms with Gasteiger partial charge < -0.3 is 9.73 Å². The van der Waals surface area contributed by atoms with E-state index in [1.165, 1.54) is 36.4 Å². The molecule has 0 aliphatic carbocycles. The average Bonchev–Trinajstić information content (AvgIpc) is 3.07. The molecule has 0 aliphatic rings. The SMILES string of the molecule is O=C(Nc1ccccc1C(F)(F)F)c1ccc(-c2ccc(F)c(Cl)c2)o1. The van der Waals surface area contributed by atoms with Crippen molar-refractivity contribution >= 4 is 23.2 Å². The second-order valence-electron chi connectivity index (χ2n) is 5.29. The van der Waals surface area contributed by atoms with Gasteiger partial charge in [0.1, 0.15) is 11.6 Å². The molecule has 1 aromatic heterocycles. The molecule has 0 bridgehead atoms. The zero-order valence-electron chi connectivity index (χ0n) is 12.9. The summed E-state index contributed by atoms with van der Waals surface area (Å²) in [7, 11) is 0. The zero-order chi connectivity index (χ0) is 18.9. The number of benzene rings is 2. The number of carbonyl (C=O) groups is 1. The summed E-state index contributed by atoms with van der Waals surface area (Å²) in [6, 6.07) is 11.2. The Morgan fingerprint density at radius 2 is 1.77 bits per heavy atom. The summed E-state index contributed by atoms with van der Waals surface area (Å²) in [6.45, 7) is 0. The van der Waals surface area contributed by atoms with Gasteiger partial charge in [0, 0.05) is 5.56 Å². The molecule has 0 atom stereocenters. The quantitative estimate of drug-likeness (QED) is 0.563. The van der Waals surface area contributed by atoms with Crippen molar-refractivity contribution < 1.29 is 26.8 Å². The van der Waals surface area contributed by atoms with Crippen LogP contribution < -0.4 is 5.32 Å². The van der Waals surface area contributed by atoms with Crippen LogP contribution in [0.1, 0.15) is 16.1 Å². The van der Waals surface area contributed by atoms with Gasteiger partial charge in [-0.25, -0.2) is 4.39 Å². The maximum absolute atomic E-state index is 13.2. The van der Waals surface area contributed by atoms with Gasteiger partial charge >= 0.3 is 6.18 Å². The van der Waals surface area contributed by atoms with Crippen molar-refractivity contribution in [3.05, 3.63) is 76.8 Å². The van der Waals surface area contributed by atoms with Crippen molar-refractivity contribution in [2.24, 2.45) is 0 Å². The van der Waals surface area contributed by atoms with Crippen LogP contribution in [0.15, 0.2) is 59.0 Å². The Morgan fingerprint density at radius 3 is 2.46 bits per heavy atom. The van der Waals surface area contributed by atoms with E-state index in [0.717, 1.165) is 18.2 Å². The first kappa shape index (κ1) is 18.0. The highest BCUT2D eigenvalue weighted by Crippen LogP contribution is 2.35. The lowest BCUT2D eigenvalue weighted by Crippen LogP contribution is -2.16. The van der Waals surface area contributed by atoms with Crippen molar-refractivity contribution in [1.29, 1.82) is 0 Å². The molecule has 0 radical (unpaired) electrons. The molecule has 1 heterocycles. The molecule has 0 unspecified atom stereocenters. The fraction of sp³-hybridized carbons (Fsp3) is 0.0556. The first-order valence-corrected chi connectivity index (χ1v) is 7.66. The van der Waals surface area contributed by atoms with Gasteiger partial charge in [-0.05, 0) is 42.5 Å². The van der Waals surface area contributed by atoms with Crippen LogP contribution in [-0.2, 0) is 6.18 Å². The summed E-state index contributed by atoms with van der Waals surface area (Å²) in [5.41, 5.74) is -0.927. The van der Waals surface area contributed by atoms with Crippen molar-refractivity contribution in [1.82, 2.24) is 0 Å². The number of amides is 1. The molecule has 8 heteroatoms. The molecule has 26 heavy (non-hydrogen) atoms. The molecule has 3 nitrogen and oxygen atoms in total. The highest BCUT2D eigenvalue weighted by Gasteiger charge is 2.33. The molecular weight excluding hydrogens is 374 g/mol. The summed E-state index contributed by atoms with van der Waals surface area (Å²) in [6.07, 6.45) is -4.61. The predicted molar refractivity (Wildman–Crippen MR) is 88.5 cm³/mol. The third kappa shape index (κ3) is 3.72. The Bertz CT molecular complexity index is 966. The van der Waals surface area contributed by atoms with Crippen molar-refractivity contribution in [3.63, 3.8) is 0 Å². The molecule has 1 amide bonds. The van der Waals surface area contributed by atoms with Crippen LogP contribution in [0.4, 0.5) is 23.2 Å². The first-order chi connectivity index (χ1) is 12.3. The van der Waals surface area contributed by atoms with E-state index in [2.05, 4.69) is 5.32 Å². The van der Waals surface area contributed by atoms with Crippen LogP contribution in [0, 0.1) is 5.82 Å². The lowest BCUT2D eigenvalue weighted by molar-refractivity contribution is -0.136. The number of rotatable bonds is 3. The van der Waals surface area contributed by atoms with Crippen molar-refractivity contribution in [2.75, 3.05) is 5.32 Å². The highest BCUT2D eigenvalue weighted by atomic mass is 35.5. The van der Waals surface area contributed by atoms with Crippen LogP contribution in [0.2, 0.25) is 5.02 Å². The zero-order valence-corrected chi connectivity index (χ0v) is 13.7. The number of hydrogen-bond donors (Lipinski definition) is 1. The van der Waals surface area contributed by atoms with Crippen LogP contribution in [0.3, 0.4) is 0 Å². The van der Waals surface area contributed by atoms with Gasteiger partial charge in [0.05, 0.1) is 16.3 Å². The molecule has 2 aromatic carbocycles. The Labute approximate surface area is 150 Å². The third-order valence-electron chi connectivity index (χ3n) is 3.51. The molecule has 3 aromatic rings. The van der Waals surface area contributed by atoms with E-state index in [9.17, 15) is 22.4 Å². The van der Waals surface area contributed by atoms with Crippen molar-refractivity contribution in [2.45, 2.75) is 6.18 Å². The number of nitrogens with one attached hydrogen (secondary N) is 1. The Kier molecular flexibility index (Phi) is 4.73. The second kappa shape index (κ2) is 6.84. The van der Waals surface area contributed by atoms with Crippen LogP contribution in [0.25, 0.3) is 11.3 Å². The Balaban J connectivity index is 1.84. The van der Waals surface area contributed by atoms with E-state index < -0.39 is 23.5 Å². The van der Waals surface area contributed by atoms with Gasteiger partial charge in [0.25, 0.3) is 5.91 Å². The molecule has 0 saturated carbocycles. The number of furan rings is 1. The minimum absolute atomic E-state index is 0.121. The maximum Gasteiger partial charge on any atom is 0.418 e. The smallest absolute Gasteiger partial charge is 0.418 e. The van der Waals surface area contributed by atoms with Gasteiger partial charge in [-0.1, -0.05) is 23.7 Å². The van der Waals surface area contributed by atoms with Gasteiger partial charge in [-0.3, -0.25) is 4.79 Å². The minimum atomic E-state index is -4.61. The number of para-hydroxylation sites is 1. The first-order valence-electron chi connectivity index (χ1n) is 7.28. The van der Waals surface area contributed by atoms with E-state index in [0.29, 0.717) is 5.56 Å². The van der Waals surface area contributed by atoms with Crippen LogP contribution in [-0.4, -0.2) is 5.91 Å². The van der Waals surface area contributed by atoms with E-state index in [1.807, 2.05) is 0 Å². The van der Waals surface area contributed by atoms with Crippen molar-refractivity contribution in [3.8, 4) is 11.3 Å². The summed E-state index contributed by atoms with van der Waals surface area (Å²) in [5.74, 6) is -1.43. The van der Waals surface area contributed by atoms with E-state index in [1.54, 1.807) is 0 Å². The fourth-order valence-electron chi connectivity index (χ4n) is 2.29. The number of hydrogen-bond acceptors (Lipinski definition) is 2. The summed E-state index contributed by atoms with van der Waals surface area (Å²) in [5, 5.41) is 2.06. The van der Waals surface area contributed by atoms with E-state index in [-0.39, 0.29) is 22.2 Å². The van der Waals surface area contributed by atoms with Crippen LogP contribution >= 0.6 is 11.6 Å². The number of halogens is 5. The lowest BCUT2D eigenvalue weighted by Gasteiger charge is -2.12. The molecule has 0 aliphatic heterocycles. The summed E-state index contributed by atoms with van der Waals surface area (Å²) < 4.78 is 57.5. The third-order valence-corrected chi connectivity index (χ3v) is 3.80. The number of anilines is 1. The monoisotopic (exact) mass is 383 g/mol. The van der Waals surface area contributed by atoms with Crippen LogP contribution in [0.5, 0.6) is 0 Å².